The minimum absolute atomic E-state index is 0.197. The summed E-state index contributed by atoms with van der Waals surface area (Å²) in [6.45, 7) is 2.78. The molecule has 1 aliphatic rings. The van der Waals surface area contributed by atoms with E-state index in [2.05, 4.69) is 14.6 Å². The maximum absolute atomic E-state index is 12.8. The van der Waals surface area contributed by atoms with Crippen LogP contribution in [0.1, 0.15) is 0 Å². The molecule has 0 spiro atoms. The molecule has 1 saturated heterocycles. The van der Waals surface area contributed by atoms with Crippen LogP contribution in [0.3, 0.4) is 0 Å². The zero-order valence-electron chi connectivity index (χ0n) is 15.9. The third-order valence-corrected chi connectivity index (χ3v) is 7.07. The highest BCUT2D eigenvalue weighted by Gasteiger charge is 2.27. The fourth-order valence-corrected chi connectivity index (χ4v) is 5.33. The highest BCUT2D eigenvalue weighted by Crippen LogP contribution is 2.33. The van der Waals surface area contributed by atoms with Gasteiger partial charge in [-0.05, 0) is 30.3 Å². The summed E-state index contributed by atoms with van der Waals surface area (Å²) in [6.07, 6.45) is 0. The van der Waals surface area contributed by atoms with Crippen LogP contribution in [0.4, 0.5) is 16.5 Å². The van der Waals surface area contributed by atoms with Crippen molar-refractivity contribution in [2.45, 2.75) is 4.90 Å². The average molecular weight is 450 g/mol. The van der Waals surface area contributed by atoms with Crippen molar-refractivity contribution in [3.05, 3.63) is 46.5 Å². The molecule has 1 aromatic heterocycles. The van der Waals surface area contributed by atoms with Crippen molar-refractivity contribution < 1.29 is 22.8 Å². The highest BCUT2D eigenvalue weighted by molar-refractivity contribution is 7.92. The third kappa shape index (κ3) is 4.01. The van der Waals surface area contributed by atoms with Crippen molar-refractivity contribution in [3.8, 4) is 5.75 Å². The molecule has 10 nitrogen and oxygen atoms in total. The van der Waals surface area contributed by atoms with E-state index < -0.39 is 25.5 Å². The van der Waals surface area contributed by atoms with Crippen LogP contribution in [0, 0.1) is 10.1 Å². The molecule has 12 heteroatoms. The lowest BCUT2D eigenvalue weighted by atomic mass is 10.3. The second kappa shape index (κ2) is 8.05. The van der Waals surface area contributed by atoms with Crippen LogP contribution < -0.4 is 14.4 Å². The van der Waals surface area contributed by atoms with Crippen LogP contribution in [0.15, 0.2) is 41.3 Å². The summed E-state index contributed by atoms with van der Waals surface area (Å²) in [7, 11) is -2.84. The lowest BCUT2D eigenvalue weighted by molar-refractivity contribution is -0.387. The van der Waals surface area contributed by atoms with Crippen LogP contribution in [-0.2, 0) is 14.8 Å². The zero-order valence-corrected chi connectivity index (χ0v) is 17.5. The Bertz CT molecular complexity index is 1200. The van der Waals surface area contributed by atoms with Gasteiger partial charge in [-0.3, -0.25) is 14.8 Å². The molecular formula is C18H18N4O6S2. The molecule has 1 fully saturated rings. The molecule has 4 rings (SSSR count). The van der Waals surface area contributed by atoms with Gasteiger partial charge in [-0.1, -0.05) is 11.3 Å². The standard InChI is InChI=1S/C18H18N4O6S2/c1-27-13-3-5-17(15(11-13)22(23)24)30(25,26)20-12-2-4-14-16(10-12)29-18(19-14)21-6-8-28-9-7-21/h2-5,10-11,20H,6-9H2,1H3. The fourth-order valence-electron chi connectivity index (χ4n) is 3.07. The smallest absolute Gasteiger partial charge is 0.293 e. The summed E-state index contributed by atoms with van der Waals surface area (Å²) in [4.78, 5) is 16.9. The second-order valence-electron chi connectivity index (χ2n) is 6.47. The van der Waals surface area contributed by atoms with E-state index in [1.54, 1.807) is 18.2 Å². The quantitative estimate of drug-likeness (QED) is 0.449. The summed E-state index contributed by atoms with van der Waals surface area (Å²) in [6, 6.07) is 8.57. The molecule has 0 amide bonds. The van der Waals surface area contributed by atoms with Gasteiger partial charge in [0, 0.05) is 13.1 Å². The SMILES string of the molecule is COc1ccc(S(=O)(=O)Nc2ccc3nc(N4CCOCC4)sc3c2)c([N+](=O)[O-])c1. The van der Waals surface area contributed by atoms with Crippen LogP contribution in [-0.4, -0.2) is 51.7 Å². The van der Waals surface area contributed by atoms with Crippen LogP contribution in [0.2, 0.25) is 0 Å². The highest BCUT2D eigenvalue weighted by atomic mass is 32.2. The normalized spacial score (nSPS) is 14.6. The maximum Gasteiger partial charge on any atom is 0.293 e. The number of anilines is 2. The first-order valence-corrected chi connectivity index (χ1v) is 11.3. The molecule has 0 radical (unpaired) electrons. The molecule has 0 aliphatic carbocycles. The predicted octanol–water partition coefficient (Wildman–Crippen LogP) is 2.85. The number of hydrogen-bond acceptors (Lipinski definition) is 9. The van der Waals surface area contributed by atoms with E-state index in [1.807, 2.05) is 0 Å². The second-order valence-corrected chi connectivity index (χ2v) is 9.13. The lowest BCUT2D eigenvalue weighted by Crippen LogP contribution is -2.36. The van der Waals surface area contributed by atoms with Crippen LogP contribution in [0.25, 0.3) is 10.2 Å². The largest absolute Gasteiger partial charge is 0.497 e. The first kappa shape index (κ1) is 20.3. The monoisotopic (exact) mass is 450 g/mol. The van der Waals surface area contributed by atoms with Gasteiger partial charge >= 0.3 is 0 Å². The number of nitrogens with one attached hydrogen (secondary N) is 1. The van der Waals surface area contributed by atoms with E-state index in [-0.39, 0.29) is 5.75 Å². The Balaban J connectivity index is 1.64. The van der Waals surface area contributed by atoms with Crippen molar-refractivity contribution in [1.29, 1.82) is 0 Å². The van der Waals surface area contributed by atoms with E-state index >= 15 is 0 Å². The fraction of sp³-hybridized carbons (Fsp3) is 0.278. The van der Waals surface area contributed by atoms with Gasteiger partial charge < -0.3 is 14.4 Å². The Hall–Kier alpha value is -2.96. The number of hydrogen-bond donors (Lipinski definition) is 1. The number of rotatable bonds is 6. The molecule has 158 valence electrons. The molecule has 0 saturated carbocycles. The Morgan fingerprint density at radius 2 is 2.00 bits per heavy atom. The number of methoxy groups -OCH3 is 1. The maximum atomic E-state index is 12.8. The molecule has 2 heterocycles. The van der Waals surface area contributed by atoms with E-state index in [0.29, 0.717) is 18.9 Å². The Kier molecular flexibility index (Phi) is 5.45. The number of nitro benzene ring substituents is 1. The molecule has 2 aromatic carbocycles. The van der Waals surface area contributed by atoms with Gasteiger partial charge in [0.05, 0.1) is 47.2 Å². The number of nitro groups is 1. The number of aromatic nitrogens is 1. The number of morpholine rings is 1. The van der Waals surface area contributed by atoms with Gasteiger partial charge in [0.25, 0.3) is 15.7 Å². The van der Waals surface area contributed by atoms with E-state index in [9.17, 15) is 18.5 Å². The molecule has 30 heavy (non-hydrogen) atoms. The third-order valence-electron chi connectivity index (χ3n) is 4.56. The van der Waals surface area contributed by atoms with Crippen molar-refractivity contribution in [3.63, 3.8) is 0 Å². The number of thiazole rings is 1. The summed E-state index contributed by atoms with van der Waals surface area (Å²) < 4.78 is 39.2. The summed E-state index contributed by atoms with van der Waals surface area (Å²) in [5.74, 6) is 0.197. The van der Waals surface area contributed by atoms with E-state index in [4.69, 9.17) is 9.47 Å². The molecule has 0 atom stereocenters. The van der Waals surface area contributed by atoms with Gasteiger partial charge in [0.15, 0.2) is 10.0 Å². The molecule has 1 aliphatic heterocycles. The summed E-state index contributed by atoms with van der Waals surface area (Å²) in [5, 5.41) is 12.2. The minimum Gasteiger partial charge on any atom is -0.497 e. The molecule has 0 unspecified atom stereocenters. The molecule has 1 N–H and O–H groups in total. The Morgan fingerprint density at radius 3 is 2.70 bits per heavy atom. The number of benzene rings is 2. The predicted molar refractivity (Wildman–Crippen MR) is 113 cm³/mol. The summed E-state index contributed by atoms with van der Waals surface area (Å²) >= 11 is 1.45. The molecule has 0 bridgehead atoms. The number of nitrogens with zero attached hydrogens (tertiary/aromatic N) is 3. The van der Waals surface area contributed by atoms with E-state index in [0.717, 1.165) is 40.6 Å². The molecule has 3 aromatic rings. The first-order valence-electron chi connectivity index (χ1n) is 8.96. The first-order chi connectivity index (χ1) is 14.4. The van der Waals surface area contributed by atoms with Crippen LogP contribution in [0.5, 0.6) is 5.75 Å². The van der Waals surface area contributed by atoms with Crippen molar-refractivity contribution in [1.82, 2.24) is 4.98 Å². The number of fused-ring (bicyclic) bond motifs is 1. The van der Waals surface area contributed by atoms with Gasteiger partial charge in [-0.15, -0.1) is 0 Å². The minimum atomic E-state index is -4.19. The number of sulfonamides is 1. The van der Waals surface area contributed by atoms with Gasteiger partial charge in [-0.2, -0.15) is 0 Å². The number of ether oxygens (including phenoxy) is 2. The Labute approximate surface area is 176 Å². The van der Waals surface area contributed by atoms with Gasteiger partial charge in [0.1, 0.15) is 5.75 Å². The van der Waals surface area contributed by atoms with E-state index in [1.165, 1.54) is 24.5 Å². The van der Waals surface area contributed by atoms with Crippen molar-refractivity contribution >= 4 is 48.1 Å². The van der Waals surface area contributed by atoms with Gasteiger partial charge in [0.2, 0.25) is 0 Å². The van der Waals surface area contributed by atoms with Crippen LogP contribution >= 0.6 is 11.3 Å². The zero-order chi connectivity index (χ0) is 21.3. The molecular weight excluding hydrogens is 432 g/mol. The average Bonchev–Trinajstić information content (AvgIpc) is 3.17. The lowest BCUT2D eigenvalue weighted by Gasteiger charge is -2.25. The Morgan fingerprint density at radius 1 is 1.23 bits per heavy atom. The summed E-state index contributed by atoms with van der Waals surface area (Å²) in [5.41, 5.74) is 0.486. The van der Waals surface area contributed by atoms with Gasteiger partial charge in [-0.25, -0.2) is 13.4 Å². The van der Waals surface area contributed by atoms with Crippen molar-refractivity contribution in [2.24, 2.45) is 0 Å². The van der Waals surface area contributed by atoms with Crippen molar-refractivity contribution in [2.75, 3.05) is 43.0 Å². The topological polar surface area (TPSA) is 124 Å².